The first-order chi connectivity index (χ1) is 9.78. The van der Waals surface area contributed by atoms with Crippen LogP contribution in [0.25, 0.3) is 0 Å². The molecule has 1 aromatic heterocycles. The predicted molar refractivity (Wildman–Crippen MR) is 77.7 cm³/mol. The smallest absolute Gasteiger partial charge is 0.319 e. The average molecular weight is 280 g/mol. The van der Waals surface area contributed by atoms with E-state index in [2.05, 4.69) is 22.7 Å². The van der Waals surface area contributed by atoms with Crippen LogP contribution in [0, 0.1) is 0 Å². The Morgan fingerprint density at radius 2 is 2.45 bits per heavy atom. The molecule has 112 valence electrons. The quantitative estimate of drug-likeness (QED) is 0.840. The molecule has 6 nitrogen and oxygen atoms in total. The van der Waals surface area contributed by atoms with Crippen molar-refractivity contribution in [1.82, 2.24) is 15.1 Å². The highest BCUT2D eigenvalue weighted by Crippen LogP contribution is 2.14. The molecule has 1 fully saturated rings. The summed E-state index contributed by atoms with van der Waals surface area (Å²) >= 11 is 0. The fraction of sp³-hybridized carbons (Fsp3) is 0.714. The Bertz CT molecular complexity index is 413. The molecule has 1 saturated heterocycles. The van der Waals surface area contributed by atoms with Crippen LogP contribution in [0.15, 0.2) is 12.4 Å². The Balaban J connectivity index is 1.64. The second-order valence-electron chi connectivity index (χ2n) is 5.15. The maximum absolute atomic E-state index is 11.7. The number of aromatic nitrogens is 2. The number of aryl methyl sites for hydroxylation is 1. The number of urea groups is 1. The first-order valence-corrected chi connectivity index (χ1v) is 7.47. The number of ether oxygens (including phenoxy) is 1. The summed E-state index contributed by atoms with van der Waals surface area (Å²) in [4.78, 5) is 11.7. The van der Waals surface area contributed by atoms with Crippen LogP contribution in [0.3, 0.4) is 0 Å². The molecule has 0 spiro atoms. The summed E-state index contributed by atoms with van der Waals surface area (Å²) < 4.78 is 7.45. The zero-order chi connectivity index (χ0) is 14.2. The van der Waals surface area contributed by atoms with Gasteiger partial charge in [0.15, 0.2) is 0 Å². The molecule has 0 radical (unpaired) electrons. The van der Waals surface area contributed by atoms with Crippen LogP contribution in [0.1, 0.15) is 39.0 Å². The SMILES string of the molecule is CCCn1cc(NC(=O)NCC[C@@H]2CCCCO2)cn1. The van der Waals surface area contributed by atoms with Crippen molar-refractivity contribution < 1.29 is 9.53 Å². The first kappa shape index (κ1) is 14.8. The third-order valence-corrected chi connectivity index (χ3v) is 3.37. The van der Waals surface area contributed by atoms with E-state index in [0.29, 0.717) is 12.6 Å². The standard InChI is InChI=1S/C14H24N4O2/c1-2-8-18-11-12(10-16-18)17-14(19)15-7-6-13-5-3-4-9-20-13/h10-11,13H,2-9H2,1H3,(H2,15,17,19)/t13-/m0/s1. The highest BCUT2D eigenvalue weighted by atomic mass is 16.5. The van der Waals surface area contributed by atoms with E-state index >= 15 is 0 Å². The molecule has 0 bridgehead atoms. The van der Waals surface area contributed by atoms with Crippen molar-refractivity contribution in [2.24, 2.45) is 0 Å². The number of rotatable bonds is 6. The lowest BCUT2D eigenvalue weighted by atomic mass is 10.1. The number of anilines is 1. The zero-order valence-corrected chi connectivity index (χ0v) is 12.1. The molecule has 1 aromatic rings. The Hall–Kier alpha value is -1.56. The maximum atomic E-state index is 11.7. The summed E-state index contributed by atoms with van der Waals surface area (Å²) in [6, 6.07) is -0.183. The molecule has 6 heteroatoms. The van der Waals surface area contributed by atoms with Crippen molar-refractivity contribution in [1.29, 1.82) is 0 Å². The van der Waals surface area contributed by atoms with Crippen molar-refractivity contribution in [3.63, 3.8) is 0 Å². The molecular formula is C14H24N4O2. The van der Waals surface area contributed by atoms with Crippen LogP contribution in [0.5, 0.6) is 0 Å². The second-order valence-corrected chi connectivity index (χ2v) is 5.15. The molecule has 0 aromatic carbocycles. The first-order valence-electron chi connectivity index (χ1n) is 7.47. The molecule has 1 atom stereocenters. The minimum Gasteiger partial charge on any atom is -0.378 e. The van der Waals surface area contributed by atoms with E-state index in [9.17, 15) is 4.79 Å². The van der Waals surface area contributed by atoms with Gasteiger partial charge in [0, 0.05) is 25.9 Å². The monoisotopic (exact) mass is 280 g/mol. The molecule has 0 aliphatic carbocycles. The van der Waals surface area contributed by atoms with Crippen LogP contribution < -0.4 is 10.6 Å². The van der Waals surface area contributed by atoms with Gasteiger partial charge in [-0.15, -0.1) is 0 Å². The van der Waals surface area contributed by atoms with Crippen molar-refractivity contribution in [3.05, 3.63) is 12.4 Å². The van der Waals surface area contributed by atoms with Gasteiger partial charge in [0.2, 0.25) is 0 Å². The number of hydrogen-bond donors (Lipinski definition) is 2. The van der Waals surface area contributed by atoms with Gasteiger partial charge >= 0.3 is 6.03 Å². The third-order valence-electron chi connectivity index (χ3n) is 3.37. The third kappa shape index (κ3) is 4.85. The van der Waals surface area contributed by atoms with Gasteiger partial charge in [-0.05, 0) is 32.1 Å². The Morgan fingerprint density at radius 1 is 1.55 bits per heavy atom. The van der Waals surface area contributed by atoms with Crippen molar-refractivity contribution in [2.45, 2.75) is 51.7 Å². The molecule has 2 amide bonds. The van der Waals surface area contributed by atoms with E-state index in [1.165, 1.54) is 6.42 Å². The number of nitrogens with zero attached hydrogens (tertiary/aromatic N) is 2. The number of amides is 2. The van der Waals surface area contributed by atoms with E-state index in [-0.39, 0.29) is 6.03 Å². The summed E-state index contributed by atoms with van der Waals surface area (Å²) in [5.74, 6) is 0. The van der Waals surface area contributed by atoms with Crippen LogP contribution in [-0.4, -0.2) is 35.1 Å². The second kappa shape index (κ2) is 7.89. The number of hydrogen-bond acceptors (Lipinski definition) is 3. The molecule has 1 aliphatic heterocycles. The summed E-state index contributed by atoms with van der Waals surface area (Å²) in [6.07, 6.45) is 9.20. The lowest BCUT2D eigenvalue weighted by Crippen LogP contribution is -2.32. The predicted octanol–water partition coefficient (Wildman–Crippen LogP) is 2.37. The van der Waals surface area contributed by atoms with Gasteiger partial charge in [0.25, 0.3) is 0 Å². The van der Waals surface area contributed by atoms with E-state index in [1.807, 2.05) is 10.9 Å². The summed E-state index contributed by atoms with van der Waals surface area (Å²) in [7, 11) is 0. The Kier molecular flexibility index (Phi) is 5.86. The zero-order valence-electron chi connectivity index (χ0n) is 12.1. The van der Waals surface area contributed by atoms with Gasteiger partial charge in [-0.25, -0.2) is 4.79 Å². The van der Waals surface area contributed by atoms with E-state index in [0.717, 1.165) is 44.5 Å². The molecule has 1 aliphatic rings. The van der Waals surface area contributed by atoms with Crippen LogP contribution in [-0.2, 0) is 11.3 Å². The number of carbonyl (C=O) groups is 1. The fourth-order valence-electron chi connectivity index (χ4n) is 2.34. The van der Waals surface area contributed by atoms with Gasteiger partial charge < -0.3 is 15.4 Å². The minimum absolute atomic E-state index is 0.183. The summed E-state index contributed by atoms with van der Waals surface area (Å²) in [5, 5.41) is 9.80. The number of nitrogens with one attached hydrogen (secondary N) is 2. The van der Waals surface area contributed by atoms with E-state index < -0.39 is 0 Å². The van der Waals surface area contributed by atoms with Crippen molar-refractivity contribution >= 4 is 11.7 Å². The van der Waals surface area contributed by atoms with Gasteiger partial charge in [0.1, 0.15) is 0 Å². The summed E-state index contributed by atoms with van der Waals surface area (Å²) in [6.45, 7) is 4.45. The number of carbonyl (C=O) groups excluding carboxylic acids is 1. The fourth-order valence-corrected chi connectivity index (χ4v) is 2.34. The van der Waals surface area contributed by atoms with Crippen LogP contribution in [0.2, 0.25) is 0 Å². The van der Waals surface area contributed by atoms with Crippen LogP contribution >= 0.6 is 0 Å². The highest BCUT2D eigenvalue weighted by Gasteiger charge is 2.13. The molecule has 2 heterocycles. The lowest BCUT2D eigenvalue weighted by Gasteiger charge is -2.22. The van der Waals surface area contributed by atoms with Gasteiger partial charge in [0.05, 0.1) is 18.0 Å². The average Bonchev–Trinajstić information content (AvgIpc) is 2.88. The Labute approximate surface area is 119 Å². The lowest BCUT2D eigenvalue weighted by molar-refractivity contribution is 0.0120. The van der Waals surface area contributed by atoms with Crippen molar-refractivity contribution in [3.8, 4) is 0 Å². The largest absolute Gasteiger partial charge is 0.378 e. The molecule has 2 rings (SSSR count). The van der Waals surface area contributed by atoms with Crippen molar-refractivity contribution in [2.75, 3.05) is 18.5 Å². The summed E-state index contributed by atoms with van der Waals surface area (Å²) in [5.41, 5.74) is 0.727. The van der Waals surface area contributed by atoms with E-state index in [1.54, 1.807) is 6.20 Å². The normalized spacial score (nSPS) is 18.8. The highest BCUT2D eigenvalue weighted by molar-refractivity contribution is 5.88. The Morgan fingerprint density at radius 3 is 3.20 bits per heavy atom. The van der Waals surface area contributed by atoms with E-state index in [4.69, 9.17) is 4.74 Å². The topological polar surface area (TPSA) is 68.2 Å². The van der Waals surface area contributed by atoms with Gasteiger partial charge in [-0.3, -0.25) is 4.68 Å². The molecule has 0 unspecified atom stereocenters. The van der Waals surface area contributed by atoms with Gasteiger partial charge in [-0.2, -0.15) is 5.10 Å². The molecular weight excluding hydrogens is 256 g/mol. The molecule has 20 heavy (non-hydrogen) atoms. The molecule has 2 N–H and O–H groups in total. The molecule has 0 saturated carbocycles. The maximum Gasteiger partial charge on any atom is 0.319 e. The van der Waals surface area contributed by atoms with Gasteiger partial charge in [-0.1, -0.05) is 6.92 Å². The van der Waals surface area contributed by atoms with Crippen LogP contribution in [0.4, 0.5) is 10.5 Å². The minimum atomic E-state index is -0.183.